The summed E-state index contributed by atoms with van der Waals surface area (Å²) in [5, 5.41) is 13.4. The number of benzene rings is 2. The second-order valence-electron chi connectivity index (χ2n) is 6.43. The van der Waals surface area contributed by atoms with Crippen molar-refractivity contribution in [3.05, 3.63) is 58.1 Å². The van der Waals surface area contributed by atoms with E-state index >= 15 is 0 Å². The molecule has 1 saturated carbocycles. The topological polar surface area (TPSA) is 67.8 Å². The molecular formula is C20H22BrNO4. The summed E-state index contributed by atoms with van der Waals surface area (Å²) in [6, 6.07) is 13.0. The number of aliphatic hydroxyl groups is 1. The normalized spacial score (nSPS) is 15.8. The molecule has 1 amide bonds. The maximum absolute atomic E-state index is 12.8. The molecule has 1 atom stereocenters. The third-order valence-corrected chi connectivity index (χ3v) is 5.31. The summed E-state index contributed by atoms with van der Waals surface area (Å²) in [4.78, 5) is 12.8. The molecule has 0 radical (unpaired) electrons. The van der Waals surface area contributed by atoms with Crippen molar-refractivity contribution in [1.82, 2.24) is 5.32 Å². The van der Waals surface area contributed by atoms with Crippen molar-refractivity contribution in [2.45, 2.75) is 24.4 Å². The molecule has 1 fully saturated rings. The van der Waals surface area contributed by atoms with Crippen molar-refractivity contribution in [2.75, 3.05) is 20.8 Å². The van der Waals surface area contributed by atoms with E-state index in [-0.39, 0.29) is 12.5 Å². The van der Waals surface area contributed by atoms with Crippen LogP contribution >= 0.6 is 15.9 Å². The van der Waals surface area contributed by atoms with Crippen LogP contribution in [0.2, 0.25) is 0 Å². The molecule has 0 aromatic heterocycles. The number of amides is 1. The average Bonchev–Trinajstić information content (AvgIpc) is 3.47. The first-order valence-electron chi connectivity index (χ1n) is 8.44. The van der Waals surface area contributed by atoms with Crippen LogP contribution in [0.3, 0.4) is 0 Å². The Kier molecular flexibility index (Phi) is 5.53. The van der Waals surface area contributed by atoms with Gasteiger partial charge in [-0.2, -0.15) is 0 Å². The number of halogens is 1. The van der Waals surface area contributed by atoms with E-state index in [1.165, 1.54) is 0 Å². The van der Waals surface area contributed by atoms with Crippen molar-refractivity contribution < 1.29 is 19.4 Å². The van der Waals surface area contributed by atoms with Gasteiger partial charge in [0.1, 0.15) is 11.5 Å². The summed E-state index contributed by atoms with van der Waals surface area (Å²) in [5.74, 6) is 1.12. The number of hydrogen-bond donors (Lipinski definition) is 2. The average molecular weight is 420 g/mol. The van der Waals surface area contributed by atoms with Gasteiger partial charge >= 0.3 is 0 Å². The molecule has 1 aliphatic rings. The van der Waals surface area contributed by atoms with E-state index in [9.17, 15) is 9.90 Å². The van der Waals surface area contributed by atoms with Crippen LogP contribution in [0.4, 0.5) is 0 Å². The predicted molar refractivity (Wildman–Crippen MR) is 103 cm³/mol. The summed E-state index contributed by atoms with van der Waals surface area (Å²) < 4.78 is 11.5. The van der Waals surface area contributed by atoms with Gasteiger partial charge in [-0.15, -0.1) is 0 Å². The summed E-state index contributed by atoms with van der Waals surface area (Å²) in [6.07, 6.45) is 0.740. The number of carbonyl (C=O) groups excluding carboxylic acids is 1. The Balaban J connectivity index is 1.70. The van der Waals surface area contributed by atoms with Crippen LogP contribution in [-0.2, 0) is 10.2 Å². The molecule has 0 spiro atoms. The lowest BCUT2D eigenvalue weighted by Gasteiger charge is -2.20. The molecular weight excluding hydrogens is 398 g/mol. The first-order valence-corrected chi connectivity index (χ1v) is 9.24. The maximum Gasteiger partial charge on any atom is 0.230 e. The summed E-state index contributed by atoms with van der Waals surface area (Å²) >= 11 is 3.46. The maximum atomic E-state index is 12.8. The molecule has 138 valence electrons. The fourth-order valence-corrected chi connectivity index (χ4v) is 3.53. The van der Waals surface area contributed by atoms with Crippen molar-refractivity contribution >= 4 is 21.8 Å². The second-order valence-corrected chi connectivity index (χ2v) is 7.34. The molecule has 0 aliphatic heterocycles. The third kappa shape index (κ3) is 3.71. The molecule has 3 rings (SSSR count). The SMILES string of the molecule is COc1ccc(OC)c(C(O)CNC(=O)C2(c3cccc(Br)c3)CC2)c1. The van der Waals surface area contributed by atoms with Gasteiger partial charge in [0.15, 0.2) is 0 Å². The van der Waals surface area contributed by atoms with Gasteiger partial charge in [-0.1, -0.05) is 28.1 Å². The van der Waals surface area contributed by atoms with Gasteiger partial charge in [-0.25, -0.2) is 0 Å². The second kappa shape index (κ2) is 7.68. The Bertz CT molecular complexity index is 804. The lowest BCUT2D eigenvalue weighted by molar-refractivity contribution is -0.124. The smallest absolute Gasteiger partial charge is 0.230 e. The van der Waals surface area contributed by atoms with E-state index in [4.69, 9.17) is 9.47 Å². The van der Waals surface area contributed by atoms with Crippen LogP contribution < -0.4 is 14.8 Å². The fourth-order valence-electron chi connectivity index (χ4n) is 3.13. The number of nitrogens with one attached hydrogen (secondary N) is 1. The Labute approximate surface area is 161 Å². The highest BCUT2D eigenvalue weighted by atomic mass is 79.9. The molecule has 5 nitrogen and oxygen atoms in total. The van der Waals surface area contributed by atoms with Crippen molar-refractivity contribution in [3.63, 3.8) is 0 Å². The van der Waals surface area contributed by atoms with E-state index in [0.717, 1.165) is 22.9 Å². The zero-order chi connectivity index (χ0) is 18.7. The number of hydrogen-bond acceptors (Lipinski definition) is 4. The minimum absolute atomic E-state index is 0.0588. The summed E-state index contributed by atoms with van der Waals surface area (Å²) in [5.41, 5.74) is 1.10. The predicted octanol–water partition coefficient (Wildman–Crippen LogP) is 3.35. The van der Waals surface area contributed by atoms with Crippen LogP contribution in [0.5, 0.6) is 11.5 Å². The number of aliphatic hydroxyl groups excluding tert-OH is 1. The lowest BCUT2D eigenvalue weighted by Crippen LogP contribution is -2.37. The Hall–Kier alpha value is -2.05. The lowest BCUT2D eigenvalue weighted by atomic mass is 9.95. The molecule has 1 unspecified atom stereocenters. The fraction of sp³-hybridized carbons (Fsp3) is 0.350. The molecule has 0 bridgehead atoms. The zero-order valence-corrected chi connectivity index (χ0v) is 16.4. The quantitative estimate of drug-likeness (QED) is 0.721. The molecule has 26 heavy (non-hydrogen) atoms. The van der Waals surface area contributed by atoms with E-state index in [2.05, 4.69) is 21.2 Å². The Morgan fingerprint density at radius 2 is 2.00 bits per heavy atom. The number of methoxy groups -OCH3 is 2. The number of rotatable bonds is 7. The van der Waals surface area contributed by atoms with E-state index < -0.39 is 11.5 Å². The van der Waals surface area contributed by atoms with Gasteiger partial charge in [-0.05, 0) is 48.7 Å². The first-order chi connectivity index (χ1) is 12.5. The summed E-state index contributed by atoms with van der Waals surface area (Å²) in [7, 11) is 3.11. The minimum atomic E-state index is -0.887. The van der Waals surface area contributed by atoms with Crippen LogP contribution in [-0.4, -0.2) is 31.8 Å². The van der Waals surface area contributed by atoms with Gasteiger partial charge in [0.25, 0.3) is 0 Å². The minimum Gasteiger partial charge on any atom is -0.497 e. The van der Waals surface area contributed by atoms with Crippen molar-refractivity contribution in [2.24, 2.45) is 0 Å². The monoisotopic (exact) mass is 419 g/mol. The Morgan fingerprint density at radius 3 is 2.62 bits per heavy atom. The van der Waals surface area contributed by atoms with Crippen LogP contribution in [0, 0.1) is 0 Å². The van der Waals surface area contributed by atoms with E-state index in [1.54, 1.807) is 32.4 Å². The number of ether oxygens (including phenoxy) is 2. The van der Waals surface area contributed by atoms with E-state index in [0.29, 0.717) is 17.1 Å². The molecule has 2 aromatic rings. The van der Waals surface area contributed by atoms with Crippen molar-refractivity contribution in [3.8, 4) is 11.5 Å². The van der Waals surface area contributed by atoms with Crippen LogP contribution in [0.25, 0.3) is 0 Å². The van der Waals surface area contributed by atoms with Gasteiger partial charge in [-0.3, -0.25) is 4.79 Å². The highest BCUT2D eigenvalue weighted by Gasteiger charge is 2.51. The highest BCUT2D eigenvalue weighted by molar-refractivity contribution is 9.10. The van der Waals surface area contributed by atoms with Gasteiger partial charge in [0.2, 0.25) is 5.91 Å². The molecule has 0 heterocycles. The highest BCUT2D eigenvalue weighted by Crippen LogP contribution is 2.49. The van der Waals surface area contributed by atoms with Gasteiger partial charge in [0.05, 0.1) is 25.7 Å². The molecule has 1 aliphatic carbocycles. The van der Waals surface area contributed by atoms with Gasteiger partial charge < -0.3 is 19.9 Å². The van der Waals surface area contributed by atoms with Gasteiger partial charge in [0, 0.05) is 16.6 Å². The number of carbonyl (C=O) groups is 1. The molecule has 2 N–H and O–H groups in total. The molecule has 6 heteroatoms. The van der Waals surface area contributed by atoms with Crippen LogP contribution in [0.15, 0.2) is 46.9 Å². The zero-order valence-electron chi connectivity index (χ0n) is 14.8. The standard InChI is InChI=1S/C20H22BrNO4/c1-25-15-6-7-18(26-2)16(11-15)17(23)12-22-19(24)20(8-9-20)13-4-3-5-14(21)10-13/h3-7,10-11,17,23H,8-9,12H2,1-2H3,(H,22,24). The first kappa shape index (κ1) is 18.7. The van der Waals surface area contributed by atoms with Crippen molar-refractivity contribution in [1.29, 1.82) is 0 Å². The molecule has 2 aromatic carbocycles. The largest absolute Gasteiger partial charge is 0.497 e. The molecule has 0 saturated heterocycles. The third-order valence-electron chi connectivity index (χ3n) is 4.81. The summed E-state index contributed by atoms with van der Waals surface area (Å²) in [6.45, 7) is 0.109. The van der Waals surface area contributed by atoms with Crippen LogP contribution in [0.1, 0.15) is 30.1 Å². The Morgan fingerprint density at radius 1 is 1.23 bits per heavy atom. The van der Waals surface area contributed by atoms with E-state index in [1.807, 2.05) is 24.3 Å².